The summed E-state index contributed by atoms with van der Waals surface area (Å²) in [7, 11) is 0. The second kappa shape index (κ2) is 7.07. The molecule has 2 N–H and O–H groups in total. The number of halogens is 2. The van der Waals surface area contributed by atoms with Crippen molar-refractivity contribution < 1.29 is 18.3 Å². The molecule has 1 aliphatic carbocycles. The van der Waals surface area contributed by atoms with Gasteiger partial charge in [0.1, 0.15) is 10.6 Å². The third-order valence-electron chi connectivity index (χ3n) is 4.39. The summed E-state index contributed by atoms with van der Waals surface area (Å²) >= 11 is 1.47. The zero-order chi connectivity index (χ0) is 19.0. The highest BCUT2D eigenvalue weighted by atomic mass is 32.1. The molecular weight excluding hydrogens is 376 g/mol. The van der Waals surface area contributed by atoms with Gasteiger partial charge in [-0.25, -0.2) is 4.98 Å². The number of aryl methyl sites for hydroxylation is 2. The third-order valence-corrected chi connectivity index (χ3v) is 5.58. The van der Waals surface area contributed by atoms with Crippen LogP contribution in [0, 0.1) is 0 Å². The smallest absolute Gasteiger partial charge is 0.387 e. The van der Waals surface area contributed by atoms with Gasteiger partial charge < -0.3 is 15.0 Å². The van der Waals surface area contributed by atoms with Gasteiger partial charge in [0.25, 0.3) is 11.5 Å². The van der Waals surface area contributed by atoms with Crippen LogP contribution in [0.1, 0.15) is 33.0 Å². The van der Waals surface area contributed by atoms with Crippen molar-refractivity contribution in [2.45, 2.75) is 32.4 Å². The van der Waals surface area contributed by atoms with E-state index in [1.54, 1.807) is 12.1 Å². The average Bonchev–Trinajstić information content (AvgIpc) is 3.21. The van der Waals surface area contributed by atoms with Gasteiger partial charge in [-0.1, -0.05) is 12.1 Å². The fraction of sp³-hybridized carbons (Fsp3) is 0.278. The molecule has 1 aliphatic rings. The second-order valence-electron chi connectivity index (χ2n) is 6.16. The van der Waals surface area contributed by atoms with Crippen molar-refractivity contribution in [3.8, 4) is 5.75 Å². The maximum absolute atomic E-state index is 12.4. The summed E-state index contributed by atoms with van der Waals surface area (Å²) in [5.74, 6) is -0.497. The Hall–Kier alpha value is -2.81. The fourth-order valence-electron chi connectivity index (χ4n) is 3.16. The van der Waals surface area contributed by atoms with Crippen LogP contribution in [-0.2, 0) is 19.4 Å². The average molecular weight is 391 g/mol. The molecule has 0 fully saturated rings. The molecule has 0 aliphatic heterocycles. The highest BCUT2D eigenvalue weighted by Gasteiger charge is 2.22. The van der Waals surface area contributed by atoms with E-state index in [9.17, 15) is 18.4 Å². The van der Waals surface area contributed by atoms with Gasteiger partial charge in [-0.3, -0.25) is 9.59 Å². The van der Waals surface area contributed by atoms with E-state index < -0.39 is 12.5 Å². The van der Waals surface area contributed by atoms with Gasteiger partial charge in [-0.05, 0) is 42.5 Å². The molecule has 6 nitrogen and oxygen atoms in total. The number of H-pyrrole nitrogens is 1. The maximum Gasteiger partial charge on any atom is 0.387 e. The minimum absolute atomic E-state index is 0.0370. The van der Waals surface area contributed by atoms with E-state index in [4.69, 9.17) is 0 Å². The van der Waals surface area contributed by atoms with E-state index in [0.29, 0.717) is 15.8 Å². The number of aromatic nitrogens is 2. The number of alkyl halides is 2. The van der Waals surface area contributed by atoms with Gasteiger partial charge in [0, 0.05) is 11.4 Å². The Bertz CT molecular complexity index is 1060. The summed E-state index contributed by atoms with van der Waals surface area (Å²) in [4.78, 5) is 33.3. The molecule has 2 heterocycles. The number of nitrogens with zero attached hydrogens (tertiary/aromatic N) is 1. The van der Waals surface area contributed by atoms with Crippen LogP contribution in [0.15, 0.2) is 29.1 Å². The molecule has 0 saturated heterocycles. The molecule has 1 aromatic carbocycles. The topological polar surface area (TPSA) is 84.1 Å². The van der Waals surface area contributed by atoms with Crippen molar-refractivity contribution in [2.24, 2.45) is 0 Å². The van der Waals surface area contributed by atoms with Gasteiger partial charge in [-0.15, -0.1) is 11.3 Å². The molecule has 0 saturated carbocycles. The van der Waals surface area contributed by atoms with Crippen molar-refractivity contribution in [2.75, 3.05) is 0 Å². The molecule has 0 bridgehead atoms. The summed E-state index contributed by atoms with van der Waals surface area (Å²) in [6.07, 6.45) is 2.86. The first-order valence-electron chi connectivity index (χ1n) is 8.38. The lowest BCUT2D eigenvalue weighted by Crippen LogP contribution is -2.27. The Morgan fingerprint density at radius 1 is 1.30 bits per heavy atom. The Balaban J connectivity index is 1.48. The summed E-state index contributed by atoms with van der Waals surface area (Å²) in [6.45, 7) is -2.72. The lowest BCUT2D eigenvalue weighted by atomic mass is 10.2. The highest BCUT2D eigenvalue weighted by Crippen LogP contribution is 2.34. The number of rotatable bonds is 5. The van der Waals surface area contributed by atoms with Crippen LogP contribution in [0.25, 0.3) is 10.2 Å². The molecular formula is C18H15F2N3O3S. The minimum Gasteiger partial charge on any atom is -0.435 e. The third kappa shape index (κ3) is 3.55. The van der Waals surface area contributed by atoms with Crippen molar-refractivity contribution in [1.29, 1.82) is 0 Å². The van der Waals surface area contributed by atoms with E-state index in [1.807, 2.05) is 0 Å². The molecule has 2 aromatic heterocycles. The number of fused-ring (bicyclic) bond motifs is 3. The number of carbonyl (C=O) groups is 1. The Kier molecular flexibility index (Phi) is 4.61. The van der Waals surface area contributed by atoms with Gasteiger partial charge in [-0.2, -0.15) is 8.78 Å². The SMILES string of the molecule is O=C(NCc1ccc(OC(F)F)cc1)c1nc2sc3c(c2c(=O)[nH]1)CCC3. The zero-order valence-corrected chi connectivity index (χ0v) is 14.9. The van der Waals surface area contributed by atoms with Gasteiger partial charge >= 0.3 is 6.61 Å². The minimum atomic E-state index is -2.88. The Morgan fingerprint density at radius 3 is 2.81 bits per heavy atom. The monoisotopic (exact) mass is 391 g/mol. The first-order valence-corrected chi connectivity index (χ1v) is 9.19. The molecule has 1 amide bonds. The van der Waals surface area contributed by atoms with Crippen LogP contribution in [0.4, 0.5) is 8.78 Å². The standard InChI is InChI=1S/C18H15F2N3O3S/c19-18(20)26-10-6-4-9(5-7-10)8-21-16(25)14-22-15(24)13-11-2-1-3-12(11)27-17(13)23-14/h4-7,18H,1-3,8H2,(H,21,25)(H,22,23,24). The van der Waals surface area contributed by atoms with Crippen LogP contribution in [0.2, 0.25) is 0 Å². The summed E-state index contributed by atoms with van der Waals surface area (Å²) in [6, 6.07) is 5.93. The fourth-order valence-corrected chi connectivity index (χ4v) is 4.43. The van der Waals surface area contributed by atoms with Crippen LogP contribution in [0.3, 0.4) is 0 Å². The molecule has 140 valence electrons. The van der Waals surface area contributed by atoms with Crippen LogP contribution >= 0.6 is 11.3 Å². The molecule has 0 unspecified atom stereocenters. The summed E-state index contributed by atoms with van der Waals surface area (Å²) in [5, 5.41) is 3.26. The number of carbonyl (C=O) groups excluding carboxylic acids is 1. The van der Waals surface area contributed by atoms with Crippen LogP contribution < -0.4 is 15.6 Å². The number of ether oxygens (including phenoxy) is 1. The Labute approximate surface area is 156 Å². The van der Waals surface area contributed by atoms with E-state index in [0.717, 1.165) is 24.8 Å². The van der Waals surface area contributed by atoms with E-state index in [-0.39, 0.29) is 23.7 Å². The zero-order valence-electron chi connectivity index (χ0n) is 14.1. The normalized spacial score (nSPS) is 13.1. The summed E-state index contributed by atoms with van der Waals surface area (Å²) in [5.41, 5.74) is 1.46. The first-order chi connectivity index (χ1) is 13.0. The first kappa shape index (κ1) is 17.6. The van der Waals surface area contributed by atoms with Crippen molar-refractivity contribution >= 4 is 27.5 Å². The molecule has 0 atom stereocenters. The maximum atomic E-state index is 12.4. The molecule has 4 rings (SSSR count). The largest absolute Gasteiger partial charge is 0.435 e. The lowest BCUT2D eigenvalue weighted by Gasteiger charge is -2.07. The van der Waals surface area contributed by atoms with E-state index in [2.05, 4.69) is 20.0 Å². The van der Waals surface area contributed by atoms with Crippen molar-refractivity contribution in [1.82, 2.24) is 15.3 Å². The number of amides is 1. The Morgan fingerprint density at radius 2 is 2.07 bits per heavy atom. The number of thiophene rings is 1. The summed E-state index contributed by atoms with van der Waals surface area (Å²) < 4.78 is 28.6. The lowest BCUT2D eigenvalue weighted by molar-refractivity contribution is -0.0498. The van der Waals surface area contributed by atoms with E-state index >= 15 is 0 Å². The van der Waals surface area contributed by atoms with Crippen molar-refractivity contribution in [3.05, 3.63) is 56.4 Å². The molecule has 27 heavy (non-hydrogen) atoms. The quantitative estimate of drug-likeness (QED) is 0.700. The highest BCUT2D eigenvalue weighted by molar-refractivity contribution is 7.18. The number of nitrogens with one attached hydrogen (secondary N) is 2. The molecule has 9 heteroatoms. The van der Waals surface area contributed by atoms with Crippen molar-refractivity contribution in [3.63, 3.8) is 0 Å². The number of aromatic amines is 1. The molecule has 3 aromatic rings. The van der Waals surface area contributed by atoms with Gasteiger partial charge in [0.05, 0.1) is 5.39 Å². The van der Waals surface area contributed by atoms with Crippen LogP contribution in [-0.4, -0.2) is 22.5 Å². The number of benzene rings is 1. The van der Waals surface area contributed by atoms with Crippen LogP contribution in [0.5, 0.6) is 5.75 Å². The predicted octanol–water partition coefficient (Wildman–Crippen LogP) is 3.00. The molecule has 0 spiro atoms. The van der Waals surface area contributed by atoms with Gasteiger partial charge in [0.2, 0.25) is 5.82 Å². The second-order valence-corrected chi connectivity index (χ2v) is 7.24. The predicted molar refractivity (Wildman–Crippen MR) is 96.5 cm³/mol. The van der Waals surface area contributed by atoms with Gasteiger partial charge in [0.15, 0.2) is 0 Å². The number of hydrogen-bond donors (Lipinski definition) is 2. The van der Waals surface area contributed by atoms with E-state index in [1.165, 1.54) is 28.3 Å². The number of hydrogen-bond acceptors (Lipinski definition) is 5. The molecule has 0 radical (unpaired) electrons.